The van der Waals surface area contributed by atoms with Gasteiger partial charge in [0.25, 0.3) is 0 Å². The molecule has 0 radical (unpaired) electrons. The number of hydrogen-bond acceptors (Lipinski definition) is 5. The number of likely N-dealkylation sites (tertiary alicyclic amines) is 1. The van der Waals surface area contributed by atoms with Crippen LogP contribution in [-0.2, 0) is 20.9 Å². The topological polar surface area (TPSA) is 105 Å². The molecule has 1 fully saturated rings. The third kappa shape index (κ3) is 6.06. The highest BCUT2D eigenvalue weighted by Gasteiger charge is 2.37. The van der Waals surface area contributed by atoms with Crippen LogP contribution < -0.4 is 5.32 Å². The lowest BCUT2D eigenvalue weighted by molar-refractivity contribution is -0.138. The van der Waals surface area contributed by atoms with E-state index < -0.39 is 30.2 Å². The molecule has 8 nitrogen and oxygen atoms in total. The summed E-state index contributed by atoms with van der Waals surface area (Å²) in [7, 11) is 0. The van der Waals surface area contributed by atoms with E-state index in [0.717, 1.165) is 40.7 Å². The summed E-state index contributed by atoms with van der Waals surface area (Å²) in [5, 5.41) is 12.4. The van der Waals surface area contributed by atoms with E-state index in [0.29, 0.717) is 13.0 Å². The van der Waals surface area contributed by atoms with Crippen molar-refractivity contribution < 1.29 is 29.0 Å². The van der Waals surface area contributed by atoms with Crippen molar-refractivity contribution in [3.8, 4) is 11.1 Å². The average Bonchev–Trinajstić information content (AvgIpc) is 3.28. The Balaban J connectivity index is 1.25. The zero-order valence-corrected chi connectivity index (χ0v) is 21.6. The summed E-state index contributed by atoms with van der Waals surface area (Å²) >= 11 is 0. The molecule has 1 aliphatic heterocycles. The van der Waals surface area contributed by atoms with Gasteiger partial charge >= 0.3 is 18.2 Å². The predicted octanol–water partition coefficient (Wildman–Crippen LogP) is 5.56. The number of nitrogens with one attached hydrogen (secondary N) is 1. The summed E-state index contributed by atoms with van der Waals surface area (Å²) in [6, 6.07) is 24.1. The quantitative estimate of drug-likeness (QED) is 0.397. The molecule has 1 heterocycles. The molecular formula is C31H32N2O6. The second-order valence-electron chi connectivity index (χ2n) is 9.97. The maximum atomic E-state index is 13.0. The van der Waals surface area contributed by atoms with Crippen LogP contribution in [0.15, 0.2) is 78.9 Å². The summed E-state index contributed by atoms with van der Waals surface area (Å²) in [4.78, 5) is 39.3. The highest BCUT2D eigenvalue weighted by molar-refractivity contribution is 5.79. The van der Waals surface area contributed by atoms with Crippen molar-refractivity contribution >= 4 is 18.2 Å². The van der Waals surface area contributed by atoms with E-state index in [-0.39, 0.29) is 25.6 Å². The Morgan fingerprint density at radius 3 is 2.18 bits per heavy atom. The van der Waals surface area contributed by atoms with Crippen molar-refractivity contribution in [2.24, 2.45) is 0 Å². The number of amides is 2. The molecule has 2 atom stereocenters. The van der Waals surface area contributed by atoms with Crippen molar-refractivity contribution in [1.29, 1.82) is 0 Å². The third-order valence-corrected chi connectivity index (χ3v) is 7.49. The largest absolute Gasteiger partial charge is 0.481 e. The second-order valence-corrected chi connectivity index (χ2v) is 9.97. The smallest absolute Gasteiger partial charge is 0.410 e. The Kier molecular flexibility index (Phi) is 8.10. The van der Waals surface area contributed by atoms with Gasteiger partial charge in [0.15, 0.2) is 0 Å². The normalized spacial score (nSPS) is 17.0. The number of carbonyl (C=O) groups is 3. The second kappa shape index (κ2) is 12.0. The number of carbonyl (C=O) groups excluding carboxylic acids is 2. The molecule has 2 amide bonds. The Bertz CT molecular complexity index is 1280. The van der Waals surface area contributed by atoms with E-state index in [2.05, 4.69) is 17.4 Å². The number of alkyl carbamates (subject to hydrolysis) is 1. The van der Waals surface area contributed by atoms with Crippen molar-refractivity contribution in [2.75, 3.05) is 13.2 Å². The summed E-state index contributed by atoms with van der Waals surface area (Å²) < 4.78 is 11.2. The van der Waals surface area contributed by atoms with E-state index in [4.69, 9.17) is 9.47 Å². The average molecular weight is 529 g/mol. The van der Waals surface area contributed by atoms with E-state index in [1.165, 1.54) is 0 Å². The molecule has 0 unspecified atom stereocenters. The molecule has 3 aromatic rings. The Labute approximate surface area is 227 Å². The van der Waals surface area contributed by atoms with Crippen molar-refractivity contribution in [2.45, 2.75) is 50.3 Å². The number of ether oxygens (including phenoxy) is 2. The Morgan fingerprint density at radius 2 is 1.51 bits per heavy atom. The number of benzene rings is 3. The summed E-state index contributed by atoms with van der Waals surface area (Å²) in [6.45, 7) is 0.667. The van der Waals surface area contributed by atoms with E-state index in [1.54, 1.807) is 4.90 Å². The first-order valence-electron chi connectivity index (χ1n) is 13.3. The minimum atomic E-state index is -1.07. The minimum absolute atomic E-state index is 0.111. The minimum Gasteiger partial charge on any atom is -0.481 e. The third-order valence-electron chi connectivity index (χ3n) is 7.49. The van der Waals surface area contributed by atoms with Gasteiger partial charge in [0.1, 0.15) is 13.2 Å². The lowest BCUT2D eigenvalue weighted by Gasteiger charge is -2.39. The molecule has 2 aliphatic rings. The summed E-state index contributed by atoms with van der Waals surface area (Å²) in [5.41, 5.74) is 5.29. The van der Waals surface area contributed by atoms with Crippen LogP contribution in [0.5, 0.6) is 0 Å². The van der Waals surface area contributed by atoms with Gasteiger partial charge in [-0.15, -0.1) is 0 Å². The van der Waals surface area contributed by atoms with E-state index in [9.17, 15) is 19.5 Å². The molecule has 2 N–H and O–H groups in total. The zero-order chi connectivity index (χ0) is 27.2. The molecule has 0 spiro atoms. The van der Waals surface area contributed by atoms with Crippen LogP contribution in [-0.4, -0.2) is 53.4 Å². The Morgan fingerprint density at radius 1 is 0.872 bits per heavy atom. The van der Waals surface area contributed by atoms with Crippen LogP contribution in [0.1, 0.15) is 48.3 Å². The number of piperidine rings is 1. The molecular weight excluding hydrogens is 496 g/mol. The first-order valence-corrected chi connectivity index (χ1v) is 13.3. The molecule has 202 valence electrons. The van der Waals surface area contributed by atoms with Gasteiger partial charge in [0, 0.05) is 12.5 Å². The highest BCUT2D eigenvalue weighted by atomic mass is 16.6. The van der Waals surface area contributed by atoms with Crippen LogP contribution in [0.4, 0.5) is 9.59 Å². The molecule has 5 rings (SSSR count). The molecule has 0 bridgehead atoms. The van der Waals surface area contributed by atoms with Crippen molar-refractivity contribution in [3.63, 3.8) is 0 Å². The number of aliphatic carboxylic acids is 1. The van der Waals surface area contributed by atoms with Gasteiger partial charge < -0.3 is 24.8 Å². The fourth-order valence-electron chi connectivity index (χ4n) is 5.67. The van der Waals surface area contributed by atoms with E-state index in [1.807, 2.05) is 66.7 Å². The van der Waals surface area contributed by atoms with Crippen LogP contribution in [0.3, 0.4) is 0 Å². The van der Waals surface area contributed by atoms with Gasteiger partial charge in [-0.2, -0.15) is 0 Å². The number of fused-ring (bicyclic) bond motifs is 3. The number of rotatable bonds is 8. The first-order chi connectivity index (χ1) is 19.0. The lowest BCUT2D eigenvalue weighted by atomic mass is 9.94. The molecule has 8 heteroatoms. The maximum absolute atomic E-state index is 13.0. The van der Waals surface area contributed by atoms with Gasteiger partial charge in [-0.05, 0) is 47.1 Å². The van der Waals surface area contributed by atoms with Crippen LogP contribution in [0.2, 0.25) is 0 Å². The van der Waals surface area contributed by atoms with Gasteiger partial charge in [-0.25, -0.2) is 9.59 Å². The fraction of sp³-hybridized carbons (Fsp3) is 0.323. The first kappa shape index (κ1) is 26.3. The standard InChI is InChI=1S/C31H32N2O6/c34-29(35)18-27(28-16-8-9-17-33(28)31(37)39-19-21-10-2-1-3-11-21)32-30(36)38-20-26-24-14-6-4-12-22(24)23-13-5-7-15-25(23)26/h1-7,10-15,26-28H,8-9,16-20H2,(H,32,36)(H,34,35)/t27-,28+/m1/s1. The Hall–Kier alpha value is -4.33. The van der Waals surface area contributed by atoms with E-state index >= 15 is 0 Å². The molecule has 0 saturated carbocycles. The van der Waals surface area contributed by atoms with Crippen molar-refractivity contribution in [3.05, 3.63) is 95.6 Å². The van der Waals surface area contributed by atoms with Crippen molar-refractivity contribution in [1.82, 2.24) is 10.2 Å². The molecule has 1 aliphatic carbocycles. The lowest BCUT2D eigenvalue weighted by Crippen LogP contribution is -2.56. The molecule has 39 heavy (non-hydrogen) atoms. The van der Waals surface area contributed by atoms with Crippen LogP contribution >= 0.6 is 0 Å². The van der Waals surface area contributed by atoms with Crippen LogP contribution in [0, 0.1) is 0 Å². The molecule has 1 saturated heterocycles. The fourth-order valence-corrected chi connectivity index (χ4v) is 5.67. The van der Waals surface area contributed by atoms with Crippen LogP contribution in [0.25, 0.3) is 11.1 Å². The van der Waals surface area contributed by atoms with Gasteiger partial charge in [-0.1, -0.05) is 78.9 Å². The summed E-state index contributed by atoms with van der Waals surface area (Å²) in [5.74, 6) is -1.18. The van der Waals surface area contributed by atoms with Gasteiger partial charge in [0.05, 0.1) is 18.5 Å². The molecule has 0 aromatic heterocycles. The monoisotopic (exact) mass is 528 g/mol. The number of nitrogens with zero attached hydrogens (tertiary/aromatic N) is 1. The number of hydrogen-bond donors (Lipinski definition) is 2. The summed E-state index contributed by atoms with van der Waals surface area (Å²) in [6.07, 6.45) is 0.594. The SMILES string of the molecule is O=C(O)C[C@@H](NC(=O)OCC1c2ccccc2-c2ccccc21)[C@@H]1CCCCN1C(=O)OCc1ccccc1. The highest BCUT2D eigenvalue weighted by Crippen LogP contribution is 2.44. The maximum Gasteiger partial charge on any atom is 0.410 e. The van der Waals surface area contributed by atoms with Gasteiger partial charge in [-0.3, -0.25) is 4.79 Å². The number of carboxylic acid groups (broad SMARTS) is 1. The zero-order valence-electron chi connectivity index (χ0n) is 21.6. The number of carboxylic acids is 1. The van der Waals surface area contributed by atoms with Gasteiger partial charge in [0.2, 0.25) is 0 Å². The predicted molar refractivity (Wildman–Crippen MR) is 145 cm³/mol. The molecule has 3 aromatic carbocycles.